The van der Waals surface area contributed by atoms with E-state index in [1.165, 1.54) is 12.3 Å². The first-order valence-corrected chi connectivity index (χ1v) is 6.79. The second kappa shape index (κ2) is 5.40. The molecule has 0 saturated heterocycles. The smallest absolute Gasteiger partial charge is 0.321 e. The molecule has 1 aromatic carbocycles. The Balaban J connectivity index is 2.06. The molecule has 22 heavy (non-hydrogen) atoms. The van der Waals surface area contributed by atoms with Crippen molar-refractivity contribution in [3.63, 3.8) is 0 Å². The number of aromatic nitrogens is 4. The molecule has 4 nitrogen and oxygen atoms in total. The summed E-state index contributed by atoms with van der Waals surface area (Å²) >= 11 is 11.8. The number of halogens is 5. The van der Waals surface area contributed by atoms with Crippen molar-refractivity contribution in [1.82, 2.24) is 19.5 Å². The molecule has 2 heterocycles. The highest BCUT2D eigenvalue weighted by Gasteiger charge is 2.28. The summed E-state index contributed by atoms with van der Waals surface area (Å²) in [6.07, 6.45) is -1.80. The van der Waals surface area contributed by atoms with Crippen LogP contribution in [0.15, 0.2) is 30.7 Å². The zero-order valence-electron chi connectivity index (χ0n) is 10.8. The van der Waals surface area contributed by atoms with Crippen molar-refractivity contribution in [2.75, 3.05) is 0 Å². The Bertz CT molecular complexity index is 845. The van der Waals surface area contributed by atoms with Gasteiger partial charge in [0.05, 0.1) is 34.3 Å². The maximum atomic E-state index is 12.5. The molecule has 3 aromatic rings. The predicted octanol–water partition coefficient (Wildman–Crippen LogP) is 4.36. The highest BCUT2D eigenvalue weighted by molar-refractivity contribution is 6.33. The summed E-state index contributed by atoms with van der Waals surface area (Å²) < 4.78 is 38.5. The van der Waals surface area contributed by atoms with Gasteiger partial charge in [-0.1, -0.05) is 17.7 Å². The van der Waals surface area contributed by atoms with Gasteiger partial charge in [0.1, 0.15) is 6.54 Å². The summed E-state index contributed by atoms with van der Waals surface area (Å²) in [5.41, 5.74) is 1.78. The average Bonchev–Trinajstić information content (AvgIpc) is 2.82. The summed E-state index contributed by atoms with van der Waals surface area (Å²) in [4.78, 5) is 11.8. The van der Waals surface area contributed by atoms with E-state index >= 15 is 0 Å². The van der Waals surface area contributed by atoms with Crippen LogP contribution in [0.25, 0.3) is 22.3 Å². The van der Waals surface area contributed by atoms with Crippen LogP contribution in [0.2, 0.25) is 10.3 Å². The fraction of sp³-hybridized carbons (Fsp3) is 0.154. The molecule has 9 heteroatoms. The summed E-state index contributed by atoms with van der Waals surface area (Å²) in [5.74, 6) is 0. The lowest BCUT2D eigenvalue weighted by Crippen LogP contribution is -2.16. The van der Waals surface area contributed by atoms with E-state index in [1.807, 2.05) is 0 Å². The number of alkyl halides is 3. The third-order valence-electron chi connectivity index (χ3n) is 2.96. The van der Waals surface area contributed by atoms with Gasteiger partial charge >= 0.3 is 6.18 Å². The molecule has 0 spiro atoms. The number of benzene rings is 1. The van der Waals surface area contributed by atoms with Gasteiger partial charge in [-0.2, -0.15) is 13.2 Å². The molecule has 0 bridgehead atoms. The minimum absolute atomic E-state index is 0.0297. The Morgan fingerprint density at radius 1 is 1.14 bits per heavy atom. The van der Waals surface area contributed by atoms with Crippen molar-refractivity contribution < 1.29 is 13.2 Å². The maximum Gasteiger partial charge on any atom is 0.406 e. The Morgan fingerprint density at radius 3 is 2.64 bits per heavy atom. The Labute approximate surface area is 132 Å². The van der Waals surface area contributed by atoms with Gasteiger partial charge in [0.25, 0.3) is 0 Å². The molecule has 2 aromatic heterocycles. The van der Waals surface area contributed by atoms with Crippen LogP contribution in [0, 0.1) is 0 Å². The van der Waals surface area contributed by atoms with Crippen LogP contribution in [0.3, 0.4) is 0 Å². The fourth-order valence-electron chi connectivity index (χ4n) is 2.08. The zero-order valence-corrected chi connectivity index (χ0v) is 12.3. The van der Waals surface area contributed by atoms with E-state index in [-0.39, 0.29) is 5.28 Å². The predicted molar refractivity (Wildman–Crippen MR) is 76.8 cm³/mol. The van der Waals surface area contributed by atoms with Crippen LogP contribution in [0.4, 0.5) is 13.2 Å². The molecule has 0 N–H and O–H groups in total. The molecule has 0 fully saturated rings. The van der Waals surface area contributed by atoms with Gasteiger partial charge < -0.3 is 4.57 Å². The third kappa shape index (κ3) is 3.00. The number of rotatable bonds is 2. The van der Waals surface area contributed by atoms with Crippen molar-refractivity contribution in [3.05, 3.63) is 41.0 Å². The topological polar surface area (TPSA) is 43.6 Å². The van der Waals surface area contributed by atoms with Gasteiger partial charge in [0.15, 0.2) is 0 Å². The largest absolute Gasteiger partial charge is 0.406 e. The lowest BCUT2D eigenvalue weighted by atomic mass is 10.1. The van der Waals surface area contributed by atoms with Gasteiger partial charge in [-0.3, -0.25) is 0 Å². The summed E-state index contributed by atoms with van der Waals surface area (Å²) in [6.45, 7) is -1.09. The highest BCUT2D eigenvalue weighted by atomic mass is 35.5. The normalized spacial score (nSPS) is 12.0. The molecule has 0 aliphatic heterocycles. The van der Waals surface area contributed by atoms with Crippen molar-refractivity contribution >= 4 is 34.2 Å². The molecule has 114 valence electrons. The SMILES string of the molecule is FC(F)(F)Cn1cnc2cc(-c3nc(Cl)ncc3Cl)ccc21. The standard InChI is InChI=1S/C13H7Cl2F3N4/c14-8-4-19-12(15)21-11(8)7-1-2-10-9(3-7)20-6-22(10)5-13(16,17)18/h1-4,6H,5H2. The molecular formula is C13H7Cl2F3N4. The molecule has 0 aliphatic carbocycles. The second-order valence-electron chi connectivity index (χ2n) is 4.53. The van der Waals surface area contributed by atoms with E-state index in [0.29, 0.717) is 27.3 Å². The maximum absolute atomic E-state index is 12.5. The molecule has 3 rings (SSSR count). The highest BCUT2D eigenvalue weighted by Crippen LogP contribution is 2.29. The molecule has 0 amide bonds. The molecule has 0 atom stereocenters. The first kappa shape index (κ1) is 15.1. The van der Waals surface area contributed by atoms with Crippen LogP contribution in [-0.4, -0.2) is 25.7 Å². The summed E-state index contributed by atoms with van der Waals surface area (Å²) in [5, 5.41) is 0.320. The van der Waals surface area contributed by atoms with E-state index in [0.717, 1.165) is 10.9 Å². The van der Waals surface area contributed by atoms with Crippen LogP contribution in [-0.2, 0) is 6.54 Å². The number of imidazole rings is 1. The van der Waals surface area contributed by atoms with E-state index < -0.39 is 12.7 Å². The van der Waals surface area contributed by atoms with E-state index in [1.54, 1.807) is 12.1 Å². The van der Waals surface area contributed by atoms with Crippen LogP contribution < -0.4 is 0 Å². The first-order chi connectivity index (χ1) is 10.3. The molecule has 0 aliphatic rings. The third-order valence-corrected chi connectivity index (χ3v) is 3.42. The molecular weight excluding hydrogens is 340 g/mol. The number of hydrogen-bond donors (Lipinski definition) is 0. The van der Waals surface area contributed by atoms with Crippen LogP contribution in [0.1, 0.15) is 0 Å². The lowest BCUT2D eigenvalue weighted by molar-refractivity contribution is -0.139. The van der Waals surface area contributed by atoms with Crippen molar-refractivity contribution in [2.24, 2.45) is 0 Å². The van der Waals surface area contributed by atoms with E-state index in [4.69, 9.17) is 23.2 Å². The fourth-order valence-corrected chi connectivity index (χ4v) is 2.41. The van der Waals surface area contributed by atoms with Crippen molar-refractivity contribution in [3.8, 4) is 11.3 Å². The number of hydrogen-bond acceptors (Lipinski definition) is 3. The Kier molecular flexibility index (Phi) is 3.70. The minimum Gasteiger partial charge on any atom is -0.321 e. The Hall–Kier alpha value is -1.86. The quantitative estimate of drug-likeness (QED) is 0.647. The monoisotopic (exact) mass is 346 g/mol. The second-order valence-corrected chi connectivity index (χ2v) is 5.27. The first-order valence-electron chi connectivity index (χ1n) is 6.03. The minimum atomic E-state index is -4.31. The molecule has 0 unspecified atom stereocenters. The van der Waals surface area contributed by atoms with E-state index in [2.05, 4.69) is 15.0 Å². The van der Waals surface area contributed by atoms with Gasteiger partial charge in [-0.25, -0.2) is 15.0 Å². The zero-order chi connectivity index (χ0) is 15.9. The van der Waals surface area contributed by atoms with Gasteiger partial charge in [-0.05, 0) is 23.7 Å². The number of fused-ring (bicyclic) bond motifs is 1. The van der Waals surface area contributed by atoms with Gasteiger partial charge in [-0.15, -0.1) is 0 Å². The Morgan fingerprint density at radius 2 is 1.91 bits per heavy atom. The average molecular weight is 347 g/mol. The summed E-state index contributed by atoms with van der Waals surface area (Å²) in [6, 6.07) is 4.75. The van der Waals surface area contributed by atoms with Gasteiger partial charge in [0, 0.05) is 5.56 Å². The van der Waals surface area contributed by atoms with Gasteiger partial charge in [0.2, 0.25) is 5.28 Å². The van der Waals surface area contributed by atoms with Crippen LogP contribution in [0.5, 0.6) is 0 Å². The molecule has 0 saturated carbocycles. The van der Waals surface area contributed by atoms with Crippen LogP contribution >= 0.6 is 23.2 Å². The van der Waals surface area contributed by atoms with Crippen molar-refractivity contribution in [1.29, 1.82) is 0 Å². The summed E-state index contributed by atoms with van der Waals surface area (Å²) in [7, 11) is 0. The lowest BCUT2D eigenvalue weighted by Gasteiger charge is -2.08. The number of nitrogens with zero attached hydrogens (tertiary/aromatic N) is 4. The van der Waals surface area contributed by atoms with Crippen molar-refractivity contribution in [2.45, 2.75) is 12.7 Å². The van der Waals surface area contributed by atoms with E-state index in [9.17, 15) is 13.2 Å². The molecule has 0 radical (unpaired) electrons.